The molecule has 1 aromatic heterocycles. The number of nitrogens with one attached hydrogen (secondary N) is 1. The summed E-state index contributed by atoms with van der Waals surface area (Å²) in [6.07, 6.45) is 1.10. The molecular formula is C13H17N3O4. The van der Waals surface area contributed by atoms with Crippen LogP contribution in [0.25, 0.3) is 0 Å². The Kier molecular flexibility index (Phi) is 4.39. The summed E-state index contributed by atoms with van der Waals surface area (Å²) in [4.78, 5) is 40.6. The van der Waals surface area contributed by atoms with Gasteiger partial charge in [-0.05, 0) is 13.0 Å². The van der Waals surface area contributed by atoms with E-state index in [1.54, 1.807) is 22.8 Å². The van der Waals surface area contributed by atoms with Gasteiger partial charge in [-0.25, -0.2) is 4.79 Å². The van der Waals surface area contributed by atoms with Gasteiger partial charge in [-0.2, -0.15) is 0 Å². The highest BCUT2D eigenvalue weighted by atomic mass is 16.6. The number of piperazine rings is 1. The Morgan fingerprint density at radius 3 is 2.50 bits per heavy atom. The fourth-order valence-electron chi connectivity index (χ4n) is 2.07. The largest absolute Gasteiger partial charge is 0.450 e. The molecule has 0 aromatic carbocycles. The minimum Gasteiger partial charge on any atom is -0.450 e. The highest BCUT2D eigenvalue weighted by molar-refractivity contribution is 5.94. The van der Waals surface area contributed by atoms with Crippen molar-refractivity contribution in [3.05, 3.63) is 34.2 Å². The van der Waals surface area contributed by atoms with Crippen molar-refractivity contribution in [1.29, 1.82) is 0 Å². The van der Waals surface area contributed by atoms with Crippen molar-refractivity contribution in [2.45, 2.75) is 6.92 Å². The maximum atomic E-state index is 12.2. The molecular weight excluding hydrogens is 262 g/mol. The summed E-state index contributed by atoms with van der Waals surface area (Å²) < 4.78 is 4.92. The predicted molar refractivity (Wildman–Crippen MR) is 71.6 cm³/mol. The van der Waals surface area contributed by atoms with E-state index < -0.39 is 0 Å². The molecule has 1 saturated heterocycles. The lowest BCUT2D eigenvalue weighted by Crippen LogP contribution is -2.50. The standard InChI is InChI=1S/C13H17N3O4/c1-2-20-13(19)16-7-5-15(6-8-16)12(18)10-3-4-14-11(17)9-10/h3-4,9H,2,5-8H2,1H3,(H,14,17). The number of hydrogen-bond donors (Lipinski definition) is 1. The van der Waals surface area contributed by atoms with Gasteiger partial charge in [-0.3, -0.25) is 9.59 Å². The minimum atomic E-state index is -0.351. The van der Waals surface area contributed by atoms with Crippen LogP contribution in [-0.4, -0.2) is 59.6 Å². The van der Waals surface area contributed by atoms with E-state index in [9.17, 15) is 14.4 Å². The van der Waals surface area contributed by atoms with Crippen molar-refractivity contribution in [3.63, 3.8) is 0 Å². The van der Waals surface area contributed by atoms with Gasteiger partial charge in [0.25, 0.3) is 5.91 Å². The average Bonchev–Trinajstić information content (AvgIpc) is 2.47. The van der Waals surface area contributed by atoms with Crippen molar-refractivity contribution in [2.75, 3.05) is 32.8 Å². The van der Waals surface area contributed by atoms with Crippen LogP contribution < -0.4 is 5.56 Å². The number of carbonyl (C=O) groups is 2. The second-order valence-electron chi connectivity index (χ2n) is 4.42. The smallest absolute Gasteiger partial charge is 0.409 e. The molecule has 7 heteroatoms. The number of carbonyl (C=O) groups excluding carboxylic acids is 2. The van der Waals surface area contributed by atoms with Gasteiger partial charge in [0.05, 0.1) is 6.61 Å². The molecule has 20 heavy (non-hydrogen) atoms. The maximum Gasteiger partial charge on any atom is 0.409 e. The van der Waals surface area contributed by atoms with Gasteiger partial charge in [0.1, 0.15) is 0 Å². The topological polar surface area (TPSA) is 82.7 Å². The van der Waals surface area contributed by atoms with E-state index in [2.05, 4.69) is 4.98 Å². The van der Waals surface area contributed by atoms with Crippen LogP contribution in [0.5, 0.6) is 0 Å². The SMILES string of the molecule is CCOC(=O)N1CCN(C(=O)c2cc[nH]c(=O)c2)CC1. The summed E-state index contributed by atoms with van der Waals surface area (Å²) in [6.45, 7) is 3.84. The quantitative estimate of drug-likeness (QED) is 0.843. The zero-order chi connectivity index (χ0) is 14.5. The molecule has 1 aliphatic heterocycles. The molecule has 2 heterocycles. The number of amides is 2. The second kappa shape index (κ2) is 6.23. The number of aromatic nitrogens is 1. The van der Waals surface area contributed by atoms with Crippen molar-refractivity contribution in [2.24, 2.45) is 0 Å². The normalized spacial score (nSPS) is 15.1. The van der Waals surface area contributed by atoms with Crippen molar-refractivity contribution in [3.8, 4) is 0 Å². The fourth-order valence-corrected chi connectivity index (χ4v) is 2.07. The molecule has 7 nitrogen and oxygen atoms in total. The maximum absolute atomic E-state index is 12.2. The van der Waals surface area contributed by atoms with Crippen LogP contribution in [0.3, 0.4) is 0 Å². The number of ether oxygens (including phenoxy) is 1. The lowest BCUT2D eigenvalue weighted by atomic mass is 10.2. The summed E-state index contributed by atoms with van der Waals surface area (Å²) in [5.41, 5.74) is 0.0549. The molecule has 0 bridgehead atoms. The molecule has 0 unspecified atom stereocenters. The molecule has 0 aliphatic carbocycles. The Labute approximate surface area is 116 Å². The highest BCUT2D eigenvalue weighted by Crippen LogP contribution is 2.08. The van der Waals surface area contributed by atoms with E-state index in [-0.39, 0.29) is 17.6 Å². The molecule has 1 aliphatic rings. The van der Waals surface area contributed by atoms with E-state index in [0.29, 0.717) is 38.3 Å². The zero-order valence-electron chi connectivity index (χ0n) is 11.3. The van der Waals surface area contributed by atoms with Gasteiger partial charge in [0.15, 0.2) is 0 Å². The third kappa shape index (κ3) is 3.17. The Morgan fingerprint density at radius 2 is 1.90 bits per heavy atom. The van der Waals surface area contributed by atoms with Gasteiger partial charge < -0.3 is 19.5 Å². The van der Waals surface area contributed by atoms with E-state index in [0.717, 1.165) is 0 Å². The van der Waals surface area contributed by atoms with Crippen LogP contribution in [-0.2, 0) is 4.74 Å². The van der Waals surface area contributed by atoms with E-state index in [1.807, 2.05) is 0 Å². The molecule has 1 aromatic rings. The molecule has 1 N–H and O–H groups in total. The fraction of sp³-hybridized carbons (Fsp3) is 0.462. The lowest BCUT2D eigenvalue weighted by Gasteiger charge is -2.34. The van der Waals surface area contributed by atoms with Gasteiger partial charge in [0.2, 0.25) is 5.56 Å². The van der Waals surface area contributed by atoms with Crippen LogP contribution in [0.15, 0.2) is 23.1 Å². The lowest BCUT2D eigenvalue weighted by molar-refractivity contribution is 0.0570. The first-order chi connectivity index (χ1) is 9.61. The van der Waals surface area contributed by atoms with Crippen molar-refractivity contribution >= 4 is 12.0 Å². The molecule has 0 radical (unpaired) electrons. The molecule has 0 atom stereocenters. The summed E-state index contributed by atoms with van der Waals surface area (Å²) in [5.74, 6) is -0.195. The summed E-state index contributed by atoms with van der Waals surface area (Å²) in [6, 6.07) is 2.85. The molecule has 108 valence electrons. The molecule has 0 spiro atoms. The number of nitrogens with zero attached hydrogens (tertiary/aromatic N) is 2. The van der Waals surface area contributed by atoms with Gasteiger partial charge in [-0.15, -0.1) is 0 Å². The molecule has 1 fully saturated rings. The third-order valence-electron chi connectivity index (χ3n) is 3.11. The number of hydrogen-bond acceptors (Lipinski definition) is 4. The molecule has 2 rings (SSSR count). The first kappa shape index (κ1) is 14.1. The Bertz CT molecular complexity index is 547. The van der Waals surface area contributed by atoms with Crippen LogP contribution in [0.2, 0.25) is 0 Å². The summed E-state index contributed by atoms with van der Waals surface area (Å²) in [5, 5.41) is 0. The minimum absolute atomic E-state index is 0.195. The Balaban J connectivity index is 1.95. The van der Waals surface area contributed by atoms with Gasteiger partial charge in [-0.1, -0.05) is 0 Å². The van der Waals surface area contributed by atoms with Crippen LogP contribution in [0, 0.1) is 0 Å². The highest BCUT2D eigenvalue weighted by Gasteiger charge is 2.25. The molecule has 2 amide bonds. The zero-order valence-corrected chi connectivity index (χ0v) is 11.3. The van der Waals surface area contributed by atoms with Crippen LogP contribution >= 0.6 is 0 Å². The summed E-state index contributed by atoms with van der Waals surface area (Å²) >= 11 is 0. The number of aromatic amines is 1. The van der Waals surface area contributed by atoms with Crippen LogP contribution in [0.4, 0.5) is 4.79 Å². The summed E-state index contributed by atoms with van der Waals surface area (Å²) in [7, 11) is 0. The Morgan fingerprint density at radius 1 is 1.25 bits per heavy atom. The van der Waals surface area contributed by atoms with Crippen molar-refractivity contribution < 1.29 is 14.3 Å². The number of pyridine rings is 1. The average molecular weight is 279 g/mol. The number of H-pyrrole nitrogens is 1. The second-order valence-corrected chi connectivity index (χ2v) is 4.42. The molecule has 0 saturated carbocycles. The first-order valence-electron chi connectivity index (χ1n) is 6.51. The van der Waals surface area contributed by atoms with Gasteiger partial charge >= 0.3 is 6.09 Å². The van der Waals surface area contributed by atoms with E-state index in [4.69, 9.17) is 4.74 Å². The van der Waals surface area contributed by atoms with E-state index in [1.165, 1.54) is 12.3 Å². The van der Waals surface area contributed by atoms with Crippen molar-refractivity contribution in [1.82, 2.24) is 14.8 Å². The first-order valence-corrected chi connectivity index (χ1v) is 6.51. The van der Waals surface area contributed by atoms with Crippen LogP contribution in [0.1, 0.15) is 17.3 Å². The van der Waals surface area contributed by atoms with E-state index >= 15 is 0 Å². The predicted octanol–water partition coefficient (Wildman–Crippen LogP) is 0.289. The number of rotatable bonds is 2. The monoisotopic (exact) mass is 279 g/mol. The third-order valence-corrected chi connectivity index (χ3v) is 3.11. The Hall–Kier alpha value is -2.31. The van der Waals surface area contributed by atoms with Gasteiger partial charge in [0, 0.05) is 44.0 Å².